The zero-order chi connectivity index (χ0) is 18.3. The van der Waals surface area contributed by atoms with Crippen LogP contribution in [-0.2, 0) is 6.54 Å². The average molecular weight is 347 g/mol. The number of benzene rings is 3. The average Bonchev–Trinajstić information content (AvgIpc) is 2.95. The van der Waals surface area contributed by atoms with Crippen LogP contribution in [0.25, 0.3) is 21.8 Å². The van der Waals surface area contributed by atoms with Crippen molar-refractivity contribution < 1.29 is 9.85 Å². The van der Waals surface area contributed by atoms with Crippen LogP contribution >= 0.6 is 0 Å². The SMILES string of the molecule is O=[N+]([O-])c1ccc2c(c1)c1cc([N+](=O)[O-])ccc1n2Cc1ccccc1. The number of hydrogen-bond donors (Lipinski definition) is 0. The molecule has 7 heteroatoms. The van der Waals surface area contributed by atoms with Crippen molar-refractivity contribution in [3.63, 3.8) is 0 Å². The Morgan fingerprint density at radius 3 is 1.69 bits per heavy atom. The molecular formula is C19H13N3O4. The molecule has 0 spiro atoms. The molecule has 0 saturated carbocycles. The quantitative estimate of drug-likeness (QED) is 0.396. The molecule has 0 saturated heterocycles. The van der Waals surface area contributed by atoms with Crippen LogP contribution in [0.1, 0.15) is 5.56 Å². The summed E-state index contributed by atoms with van der Waals surface area (Å²) in [5, 5.41) is 23.6. The lowest BCUT2D eigenvalue weighted by atomic mass is 10.1. The van der Waals surface area contributed by atoms with Gasteiger partial charge in [0.25, 0.3) is 11.4 Å². The molecule has 0 amide bonds. The fraction of sp³-hybridized carbons (Fsp3) is 0.0526. The monoisotopic (exact) mass is 347 g/mol. The van der Waals surface area contributed by atoms with Crippen LogP contribution in [0.4, 0.5) is 11.4 Å². The van der Waals surface area contributed by atoms with Gasteiger partial charge in [0.2, 0.25) is 0 Å². The maximum atomic E-state index is 11.1. The summed E-state index contributed by atoms with van der Waals surface area (Å²) in [4.78, 5) is 21.4. The van der Waals surface area contributed by atoms with Crippen molar-refractivity contribution >= 4 is 33.2 Å². The third kappa shape index (κ3) is 2.55. The van der Waals surface area contributed by atoms with E-state index in [9.17, 15) is 20.2 Å². The molecule has 7 nitrogen and oxygen atoms in total. The van der Waals surface area contributed by atoms with E-state index in [2.05, 4.69) is 0 Å². The van der Waals surface area contributed by atoms with Crippen LogP contribution in [0.5, 0.6) is 0 Å². The molecule has 0 N–H and O–H groups in total. The zero-order valence-electron chi connectivity index (χ0n) is 13.5. The van der Waals surface area contributed by atoms with Crippen molar-refractivity contribution in [2.75, 3.05) is 0 Å². The highest BCUT2D eigenvalue weighted by molar-refractivity contribution is 6.09. The zero-order valence-corrected chi connectivity index (χ0v) is 13.5. The first-order chi connectivity index (χ1) is 12.5. The molecule has 0 unspecified atom stereocenters. The summed E-state index contributed by atoms with van der Waals surface area (Å²) in [6.07, 6.45) is 0. The summed E-state index contributed by atoms with van der Waals surface area (Å²) in [6.45, 7) is 0.566. The standard InChI is InChI=1S/C19H13N3O4/c23-21(24)14-6-8-18-16(10-14)17-11-15(22(25)26)7-9-19(17)20(18)12-13-4-2-1-3-5-13/h1-11H,12H2. The van der Waals surface area contributed by atoms with E-state index < -0.39 is 9.85 Å². The second kappa shape index (κ2) is 5.96. The van der Waals surface area contributed by atoms with Crippen LogP contribution in [0.2, 0.25) is 0 Å². The summed E-state index contributed by atoms with van der Waals surface area (Å²) in [5.74, 6) is 0. The fourth-order valence-corrected chi connectivity index (χ4v) is 3.24. The van der Waals surface area contributed by atoms with Crippen LogP contribution in [0.15, 0.2) is 66.7 Å². The van der Waals surface area contributed by atoms with Crippen molar-refractivity contribution in [3.8, 4) is 0 Å². The van der Waals surface area contributed by atoms with Gasteiger partial charge in [-0.15, -0.1) is 0 Å². The van der Waals surface area contributed by atoms with E-state index in [1.165, 1.54) is 24.3 Å². The van der Waals surface area contributed by atoms with E-state index in [1.54, 1.807) is 12.1 Å². The number of rotatable bonds is 4. The van der Waals surface area contributed by atoms with E-state index >= 15 is 0 Å². The lowest BCUT2D eigenvalue weighted by Crippen LogP contribution is -1.99. The molecule has 0 atom stereocenters. The minimum absolute atomic E-state index is 0.0391. The third-order valence-corrected chi connectivity index (χ3v) is 4.44. The normalized spacial score (nSPS) is 11.1. The number of aromatic nitrogens is 1. The number of nitrogens with zero attached hydrogens (tertiary/aromatic N) is 3. The molecule has 0 bridgehead atoms. The molecule has 0 aliphatic heterocycles. The molecule has 4 aromatic rings. The van der Waals surface area contributed by atoms with E-state index in [0.717, 1.165) is 16.6 Å². The van der Waals surface area contributed by atoms with Gasteiger partial charge in [0, 0.05) is 52.6 Å². The number of hydrogen-bond acceptors (Lipinski definition) is 4. The second-order valence-corrected chi connectivity index (χ2v) is 5.99. The van der Waals surface area contributed by atoms with E-state index in [0.29, 0.717) is 17.3 Å². The minimum atomic E-state index is -0.461. The first-order valence-electron chi connectivity index (χ1n) is 7.93. The van der Waals surface area contributed by atoms with Crippen LogP contribution < -0.4 is 0 Å². The molecule has 3 aromatic carbocycles. The maximum Gasteiger partial charge on any atom is 0.270 e. The van der Waals surface area contributed by atoms with Gasteiger partial charge in [-0.2, -0.15) is 0 Å². The van der Waals surface area contributed by atoms with Gasteiger partial charge in [0.1, 0.15) is 0 Å². The summed E-state index contributed by atoms with van der Waals surface area (Å²) < 4.78 is 2.02. The highest BCUT2D eigenvalue weighted by atomic mass is 16.6. The highest BCUT2D eigenvalue weighted by Gasteiger charge is 2.17. The van der Waals surface area contributed by atoms with Crippen LogP contribution in [0.3, 0.4) is 0 Å². The number of non-ortho nitro benzene ring substituents is 2. The molecule has 1 aromatic heterocycles. The smallest absolute Gasteiger partial charge is 0.270 e. The van der Waals surface area contributed by atoms with E-state index in [1.807, 2.05) is 34.9 Å². The molecule has 0 aliphatic rings. The lowest BCUT2D eigenvalue weighted by Gasteiger charge is -2.07. The Labute approximate surface area is 147 Å². The van der Waals surface area contributed by atoms with Crippen molar-refractivity contribution in [1.29, 1.82) is 0 Å². The summed E-state index contributed by atoms with van der Waals surface area (Å²) in [7, 11) is 0. The molecule has 0 radical (unpaired) electrons. The Hall–Kier alpha value is -3.74. The minimum Gasteiger partial charge on any atom is -0.336 e. The molecular weight excluding hydrogens is 334 g/mol. The molecule has 0 fully saturated rings. The first-order valence-corrected chi connectivity index (χ1v) is 7.93. The van der Waals surface area contributed by atoms with Gasteiger partial charge in [-0.25, -0.2) is 0 Å². The van der Waals surface area contributed by atoms with Crippen molar-refractivity contribution in [3.05, 3.63) is 92.5 Å². The molecule has 0 aliphatic carbocycles. The second-order valence-electron chi connectivity index (χ2n) is 5.99. The molecule has 26 heavy (non-hydrogen) atoms. The molecule has 4 rings (SSSR count). The van der Waals surface area contributed by atoms with Crippen molar-refractivity contribution in [2.45, 2.75) is 6.54 Å². The van der Waals surface area contributed by atoms with Gasteiger partial charge < -0.3 is 4.57 Å². The van der Waals surface area contributed by atoms with Crippen LogP contribution in [0, 0.1) is 20.2 Å². The van der Waals surface area contributed by atoms with E-state index in [4.69, 9.17) is 0 Å². The van der Waals surface area contributed by atoms with Gasteiger partial charge in [0.05, 0.1) is 9.85 Å². The Balaban J connectivity index is 2.02. The summed E-state index contributed by atoms with van der Waals surface area (Å²) in [6, 6.07) is 19.1. The number of fused-ring (bicyclic) bond motifs is 3. The predicted molar refractivity (Wildman–Crippen MR) is 98.3 cm³/mol. The molecule has 1 heterocycles. The highest BCUT2D eigenvalue weighted by Crippen LogP contribution is 2.34. The largest absolute Gasteiger partial charge is 0.336 e. The van der Waals surface area contributed by atoms with Gasteiger partial charge in [-0.3, -0.25) is 20.2 Å². The maximum absolute atomic E-state index is 11.1. The van der Waals surface area contributed by atoms with Gasteiger partial charge in [0.15, 0.2) is 0 Å². The van der Waals surface area contributed by atoms with Crippen molar-refractivity contribution in [2.24, 2.45) is 0 Å². The van der Waals surface area contributed by atoms with Gasteiger partial charge >= 0.3 is 0 Å². The summed E-state index contributed by atoms with van der Waals surface area (Å²) >= 11 is 0. The Kier molecular flexibility index (Phi) is 3.62. The van der Waals surface area contributed by atoms with Gasteiger partial charge in [-0.05, 0) is 17.7 Å². The Morgan fingerprint density at radius 2 is 1.23 bits per heavy atom. The predicted octanol–water partition coefficient (Wildman–Crippen LogP) is 4.66. The Bertz CT molecular complexity index is 1090. The first kappa shape index (κ1) is 15.8. The van der Waals surface area contributed by atoms with E-state index in [-0.39, 0.29) is 11.4 Å². The molecule has 128 valence electrons. The number of nitro groups is 2. The Morgan fingerprint density at radius 1 is 0.731 bits per heavy atom. The topological polar surface area (TPSA) is 91.2 Å². The van der Waals surface area contributed by atoms with Crippen molar-refractivity contribution in [1.82, 2.24) is 4.57 Å². The van der Waals surface area contributed by atoms with Gasteiger partial charge in [-0.1, -0.05) is 30.3 Å². The fourth-order valence-electron chi connectivity index (χ4n) is 3.24. The third-order valence-electron chi connectivity index (χ3n) is 4.44. The summed E-state index contributed by atoms with van der Waals surface area (Å²) in [5.41, 5.74) is 2.60. The number of nitro benzene ring substituents is 2. The van der Waals surface area contributed by atoms with Crippen LogP contribution in [-0.4, -0.2) is 14.4 Å². The lowest BCUT2D eigenvalue weighted by molar-refractivity contribution is -0.385.